The Bertz CT molecular complexity index is 320. The summed E-state index contributed by atoms with van der Waals surface area (Å²) in [6.07, 6.45) is 4.06. The predicted octanol–water partition coefficient (Wildman–Crippen LogP) is 2.60. The minimum absolute atomic E-state index is 0.693. The van der Waals surface area contributed by atoms with Gasteiger partial charge < -0.3 is 9.64 Å². The monoisotopic (exact) mass is 240 g/mol. The maximum Gasteiger partial charge on any atom is 0.128 e. The van der Waals surface area contributed by atoms with Crippen molar-refractivity contribution in [2.45, 2.75) is 12.8 Å². The third-order valence-corrected chi connectivity index (χ3v) is 3.28. The predicted molar refractivity (Wildman–Crippen MR) is 66.1 cm³/mol. The molecule has 0 aromatic carbocycles. The Balaban J connectivity index is 1.91. The molecule has 0 N–H and O–H groups in total. The topological polar surface area (TPSA) is 25.4 Å². The fourth-order valence-electron chi connectivity index (χ4n) is 2.12. The Kier molecular flexibility index (Phi) is 4.02. The molecule has 1 aliphatic heterocycles. The minimum Gasteiger partial charge on any atom is -0.384 e. The quantitative estimate of drug-likeness (QED) is 0.812. The number of hydrogen-bond donors (Lipinski definition) is 0. The van der Waals surface area contributed by atoms with Gasteiger partial charge in [0.15, 0.2) is 0 Å². The van der Waals surface area contributed by atoms with Crippen LogP contribution >= 0.6 is 11.6 Å². The average molecular weight is 241 g/mol. The van der Waals surface area contributed by atoms with Gasteiger partial charge in [-0.25, -0.2) is 4.98 Å². The number of nitrogens with zero attached hydrogens (tertiary/aromatic N) is 2. The molecule has 16 heavy (non-hydrogen) atoms. The molecule has 0 amide bonds. The minimum atomic E-state index is 0.693. The SMILES string of the molecule is COCC1CCN(c2ccc(Cl)cn2)CC1. The lowest BCUT2D eigenvalue weighted by molar-refractivity contribution is 0.139. The van der Waals surface area contributed by atoms with Gasteiger partial charge in [-0.15, -0.1) is 0 Å². The lowest BCUT2D eigenvalue weighted by Gasteiger charge is -2.32. The average Bonchev–Trinajstić information content (AvgIpc) is 2.32. The number of ether oxygens (including phenoxy) is 1. The molecule has 1 aliphatic rings. The van der Waals surface area contributed by atoms with Crippen molar-refractivity contribution in [1.29, 1.82) is 0 Å². The van der Waals surface area contributed by atoms with Crippen molar-refractivity contribution in [3.63, 3.8) is 0 Å². The molecule has 0 radical (unpaired) electrons. The smallest absolute Gasteiger partial charge is 0.128 e. The standard InChI is InChI=1S/C12H17ClN2O/c1-16-9-10-4-6-15(7-5-10)12-3-2-11(13)8-14-12/h2-3,8,10H,4-7,9H2,1H3. The van der Waals surface area contributed by atoms with E-state index in [2.05, 4.69) is 9.88 Å². The van der Waals surface area contributed by atoms with E-state index in [0.29, 0.717) is 10.9 Å². The van der Waals surface area contributed by atoms with Gasteiger partial charge in [0.25, 0.3) is 0 Å². The number of aromatic nitrogens is 1. The highest BCUT2D eigenvalue weighted by molar-refractivity contribution is 6.30. The molecule has 0 atom stereocenters. The molecule has 2 rings (SSSR count). The third kappa shape index (κ3) is 2.86. The summed E-state index contributed by atoms with van der Waals surface area (Å²) >= 11 is 5.82. The van der Waals surface area contributed by atoms with Crippen LogP contribution in [-0.4, -0.2) is 31.8 Å². The zero-order valence-electron chi connectivity index (χ0n) is 9.53. The number of anilines is 1. The molecule has 88 valence electrons. The van der Waals surface area contributed by atoms with Crippen LogP contribution in [0, 0.1) is 5.92 Å². The van der Waals surface area contributed by atoms with Gasteiger partial charge in [-0.05, 0) is 30.9 Å². The molecule has 4 heteroatoms. The first kappa shape index (κ1) is 11.7. The highest BCUT2D eigenvalue weighted by Crippen LogP contribution is 2.22. The van der Waals surface area contributed by atoms with Gasteiger partial charge in [0.2, 0.25) is 0 Å². The third-order valence-electron chi connectivity index (χ3n) is 3.05. The van der Waals surface area contributed by atoms with Crippen molar-refractivity contribution in [3.8, 4) is 0 Å². The lowest BCUT2D eigenvalue weighted by Crippen LogP contribution is -2.35. The first-order valence-electron chi connectivity index (χ1n) is 5.65. The molecular formula is C12H17ClN2O. The van der Waals surface area contributed by atoms with Crippen LogP contribution < -0.4 is 4.90 Å². The summed E-state index contributed by atoms with van der Waals surface area (Å²) in [6.45, 7) is 2.99. The fourth-order valence-corrected chi connectivity index (χ4v) is 2.23. The summed E-state index contributed by atoms with van der Waals surface area (Å²) in [5, 5.41) is 0.693. The molecule has 0 spiro atoms. The van der Waals surface area contributed by atoms with Crippen molar-refractivity contribution in [3.05, 3.63) is 23.4 Å². The van der Waals surface area contributed by atoms with E-state index in [4.69, 9.17) is 16.3 Å². The Labute approximate surface area is 101 Å². The second-order valence-electron chi connectivity index (χ2n) is 4.22. The fraction of sp³-hybridized carbons (Fsp3) is 0.583. The number of halogens is 1. The molecule has 1 aromatic rings. The molecule has 0 bridgehead atoms. The van der Waals surface area contributed by atoms with Gasteiger partial charge >= 0.3 is 0 Å². The van der Waals surface area contributed by atoms with E-state index in [1.165, 1.54) is 12.8 Å². The largest absolute Gasteiger partial charge is 0.384 e. The van der Waals surface area contributed by atoms with Gasteiger partial charge in [-0.1, -0.05) is 11.6 Å². The molecule has 3 nitrogen and oxygen atoms in total. The lowest BCUT2D eigenvalue weighted by atomic mass is 9.98. The first-order valence-corrected chi connectivity index (χ1v) is 6.03. The van der Waals surface area contributed by atoms with Crippen molar-refractivity contribution in [2.24, 2.45) is 5.92 Å². The summed E-state index contributed by atoms with van der Waals surface area (Å²) in [6, 6.07) is 3.88. The Morgan fingerprint density at radius 3 is 2.75 bits per heavy atom. The van der Waals surface area contributed by atoms with Crippen molar-refractivity contribution in [2.75, 3.05) is 31.7 Å². The summed E-state index contributed by atoms with van der Waals surface area (Å²) in [4.78, 5) is 6.64. The Hall–Kier alpha value is -0.800. The summed E-state index contributed by atoms with van der Waals surface area (Å²) in [5.74, 6) is 1.73. The van der Waals surface area contributed by atoms with E-state index < -0.39 is 0 Å². The van der Waals surface area contributed by atoms with Crippen LogP contribution in [-0.2, 0) is 4.74 Å². The van der Waals surface area contributed by atoms with Crippen LogP contribution in [0.15, 0.2) is 18.3 Å². The van der Waals surface area contributed by atoms with Crippen LogP contribution in [0.25, 0.3) is 0 Å². The van der Waals surface area contributed by atoms with Crippen LogP contribution in [0.1, 0.15) is 12.8 Å². The molecular weight excluding hydrogens is 224 g/mol. The molecule has 2 heterocycles. The van der Waals surface area contributed by atoms with Crippen LogP contribution in [0.3, 0.4) is 0 Å². The van der Waals surface area contributed by atoms with E-state index >= 15 is 0 Å². The van der Waals surface area contributed by atoms with E-state index in [-0.39, 0.29) is 0 Å². The molecule has 1 fully saturated rings. The van der Waals surface area contributed by atoms with Crippen LogP contribution in [0.5, 0.6) is 0 Å². The highest BCUT2D eigenvalue weighted by atomic mass is 35.5. The van der Waals surface area contributed by atoms with E-state index in [0.717, 1.165) is 25.5 Å². The molecule has 1 saturated heterocycles. The number of pyridine rings is 1. The number of piperidine rings is 1. The van der Waals surface area contributed by atoms with Crippen molar-refractivity contribution in [1.82, 2.24) is 4.98 Å². The maximum atomic E-state index is 5.82. The first-order chi connectivity index (χ1) is 7.79. The Morgan fingerprint density at radius 1 is 1.44 bits per heavy atom. The highest BCUT2D eigenvalue weighted by Gasteiger charge is 2.19. The Morgan fingerprint density at radius 2 is 2.19 bits per heavy atom. The summed E-state index contributed by atoms with van der Waals surface area (Å²) in [7, 11) is 1.77. The zero-order valence-corrected chi connectivity index (χ0v) is 10.3. The number of hydrogen-bond acceptors (Lipinski definition) is 3. The molecule has 0 saturated carbocycles. The molecule has 1 aromatic heterocycles. The van der Waals surface area contributed by atoms with Crippen LogP contribution in [0.4, 0.5) is 5.82 Å². The van der Waals surface area contributed by atoms with Crippen molar-refractivity contribution < 1.29 is 4.74 Å². The number of methoxy groups -OCH3 is 1. The van der Waals surface area contributed by atoms with Crippen LogP contribution in [0.2, 0.25) is 5.02 Å². The molecule has 0 unspecified atom stereocenters. The number of rotatable bonds is 3. The van der Waals surface area contributed by atoms with Gasteiger partial charge in [-0.3, -0.25) is 0 Å². The van der Waals surface area contributed by atoms with E-state index in [1.807, 2.05) is 12.1 Å². The van der Waals surface area contributed by atoms with Crippen molar-refractivity contribution >= 4 is 17.4 Å². The zero-order chi connectivity index (χ0) is 11.4. The van der Waals surface area contributed by atoms with Gasteiger partial charge in [-0.2, -0.15) is 0 Å². The van der Waals surface area contributed by atoms with E-state index in [1.54, 1.807) is 13.3 Å². The van der Waals surface area contributed by atoms with E-state index in [9.17, 15) is 0 Å². The maximum absolute atomic E-state index is 5.82. The van der Waals surface area contributed by atoms with Gasteiger partial charge in [0, 0.05) is 33.0 Å². The second kappa shape index (κ2) is 5.51. The summed E-state index contributed by atoms with van der Waals surface area (Å²) in [5.41, 5.74) is 0. The normalized spacial score (nSPS) is 17.8. The van der Waals surface area contributed by atoms with Gasteiger partial charge in [0.05, 0.1) is 5.02 Å². The summed E-state index contributed by atoms with van der Waals surface area (Å²) < 4.78 is 5.19. The van der Waals surface area contributed by atoms with Gasteiger partial charge in [0.1, 0.15) is 5.82 Å². The second-order valence-corrected chi connectivity index (χ2v) is 4.66. The molecule has 0 aliphatic carbocycles.